The van der Waals surface area contributed by atoms with Crippen molar-refractivity contribution in [2.24, 2.45) is 11.8 Å². The Balaban J connectivity index is 2.73. The van der Waals surface area contributed by atoms with Crippen molar-refractivity contribution >= 4 is 11.9 Å². The van der Waals surface area contributed by atoms with Crippen LogP contribution in [-0.4, -0.2) is 59.9 Å². The molecule has 0 amide bonds. The summed E-state index contributed by atoms with van der Waals surface area (Å²) in [7, 11) is 0. The summed E-state index contributed by atoms with van der Waals surface area (Å²) in [6.07, 6.45) is 1.24. The van der Waals surface area contributed by atoms with E-state index < -0.39 is 11.9 Å². The maximum Gasteiger partial charge on any atom is 0.332 e. The highest BCUT2D eigenvalue weighted by Gasteiger charge is 2.23. The molecule has 0 aromatic rings. The Bertz CT molecular complexity index is 438. The van der Waals surface area contributed by atoms with Crippen LogP contribution in [0.25, 0.3) is 0 Å². The van der Waals surface area contributed by atoms with Crippen molar-refractivity contribution in [1.29, 1.82) is 0 Å². The first kappa shape index (κ1) is 19.6. The SMILES string of the molecule is CC(C)C(C)CC(C(=O)O)=C(CCCN1CCOCC1)C(=O)O. The number of carboxylic acid groups (broad SMARTS) is 2. The molecule has 2 N–H and O–H groups in total. The third kappa shape index (κ3) is 6.71. The summed E-state index contributed by atoms with van der Waals surface area (Å²) in [4.78, 5) is 25.3. The molecular weight excluding hydrogens is 298 g/mol. The van der Waals surface area contributed by atoms with E-state index in [1.165, 1.54) is 0 Å². The molecule has 0 bridgehead atoms. The van der Waals surface area contributed by atoms with E-state index in [1.807, 2.05) is 20.8 Å². The molecule has 1 heterocycles. The average molecular weight is 327 g/mol. The Kier molecular flexibility index (Phi) is 8.26. The van der Waals surface area contributed by atoms with Crippen molar-refractivity contribution in [3.8, 4) is 0 Å². The van der Waals surface area contributed by atoms with Crippen molar-refractivity contribution in [3.63, 3.8) is 0 Å². The zero-order valence-electron chi connectivity index (χ0n) is 14.4. The van der Waals surface area contributed by atoms with E-state index in [9.17, 15) is 19.8 Å². The van der Waals surface area contributed by atoms with Gasteiger partial charge in [-0.05, 0) is 37.6 Å². The molecule has 23 heavy (non-hydrogen) atoms. The fourth-order valence-electron chi connectivity index (χ4n) is 2.59. The number of carboxylic acids is 2. The average Bonchev–Trinajstić information content (AvgIpc) is 2.50. The van der Waals surface area contributed by atoms with Gasteiger partial charge in [-0.15, -0.1) is 0 Å². The molecule has 0 spiro atoms. The number of carbonyl (C=O) groups is 2. The van der Waals surface area contributed by atoms with Crippen LogP contribution in [0, 0.1) is 11.8 Å². The molecule has 0 saturated carbocycles. The summed E-state index contributed by atoms with van der Waals surface area (Å²) in [6, 6.07) is 0. The summed E-state index contributed by atoms with van der Waals surface area (Å²) >= 11 is 0. The van der Waals surface area contributed by atoms with E-state index in [1.54, 1.807) is 0 Å². The number of aliphatic carboxylic acids is 2. The lowest BCUT2D eigenvalue weighted by Crippen LogP contribution is -2.36. The first-order valence-electron chi connectivity index (χ1n) is 8.31. The lowest BCUT2D eigenvalue weighted by atomic mass is 9.88. The van der Waals surface area contributed by atoms with Crippen LogP contribution >= 0.6 is 0 Å². The molecule has 0 aromatic carbocycles. The third-order valence-electron chi connectivity index (χ3n) is 4.55. The molecule has 1 aliphatic rings. The molecule has 1 rings (SSSR count). The molecule has 0 radical (unpaired) electrons. The Hall–Kier alpha value is -1.40. The fourth-order valence-corrected chi connectivity index (χ4v) is 2.59. The van der Waals surface area contributed by atoms with Gasteiger partial charge in [0.2, 0.25) is 0 Å². The van der Waals surface area contributed by atoms with Gasteiger partial charge in [0.1, 0.15) is 0 Å². The zero-order valence-corrected chi connectivity index (χ0v) is 14.4. The van der Waals surface area contributed by atoms with Crippen LogP contribution in [0.15, 0.2) is 11.1 Å². The van der Waals surface area contributed by atoms with Gasteiger partial charge in [-0.25, -0.2) is 9.59 Å². The van der Waals surface area contributed by atoms with Crippen LogP contribution < -0.4 is 0 Å². The van der Waals surface area contributed by atoms with Gasteiger partial charge in [-0.2, -0.15) is 0 Å². The monoisotopic (exact) mass is 327 g/mol. The number of morpholine rings is 1. The van der Waals surface area contributed by atoms with Crippen LogP contribution in [0.4, 0.5) is 0 Å². The Morgan fingerprint density at radius 1 is 1.04 bits per heavy atom. The largest absolute Gasteiger partial charge is 0.478 e. The van der Waals surface area contributed by atoms with Crippen LogP contribution in [0.5, 0.6) is 0 Å². The molecule has 6 heteroatoms. The van der Waals surface area contributed by atoms with E-state index in [0.717, 1.165) is 19.6 Å². The molecule has 132 valence electrons. The van der Waals surface area contributed by atoms with Crippen LogP contribution in [0.2, 0.25) is 0 Å². The molecule has 1 atom stereocenters. The Labute approximate surface area is 138 Å². The quantitative estimate of drug-likeness (QED) is 0.632. The van der Waals surface area contributed by atoms with Crippen molar-refractivity contribution in [3.05, 3.63) is 11.1 Å². The second-order valence-electron chi connectivity index (χ2n) is 6.55. The summed E-state index contributed by atoms with van der Waals surface area (Å²) in [5.74, 6) is -1.77. The zero-order chi connectivity index (χ0) is 17.4. The van der Waals surface area contributed by atoms with Gasteiger partial charge in [0, 0.05) is 24.2 Å². The van der Waals surface area contributed by atoms with E-state index in [2.05, 4.69) is 4.90 Å². The second kappa shape index (κ2) is 9.67. The maximum atomic E-state index is 11.5. The lowest BCUT2D eigenvalue weighted by Gasteiger charge is -2.26. The van der Waals surface area contributed by atoms with Gasteiger partial charge >= 0.3 is 11.9 Å². The molecule has 1 saturated heterocycles. The first-order valence-corrected chi connectivity index (χ1v) is 8.31. The fraction of sp³-hybridized carbons (Fsp3) is 0.765. The standard InChI is InChI=1S/C17H29NO5/c1-12(2)13(3)11-15(17(21)22)14(16(19)20)5-4-6-18-7-9-23-10-8-18/h12-13H,4-11H2,1-3H3,(H,19,20)(H,21,22). The summed E-state index contributed by atoms with van der Waals surface area (Å²) < 4.78 is 5.28. The Morgan fingerprint density at radius 3 is 2.09 bits per heavy atom. The van der Waals surface area contributed by atoms with Crippen LogP contribution in [0.1, 0.15) is 40.0 Å². The minimum atomic E-state index is -1.11. The summed E-state index contributed by atoms with van der Waals surface area (Å²) in [6.45, 7) is 9.87. The minimum absolute atomic E-state index is 0.0539. The summed E-state index contributed by atoms with van der Waals surface area (Å²) in [5.41, 5.74) is 0.110. The Morgan fingerprint density at radius 2 is 1.61 bits per heavy atom. The molecule has 1 aliphatic heterocycles. The molecule has 1 fully saturated rings. The number of rotatable bonds is 9. The topological polar surface area (TPSA) is 87.1 Å². The van der Waals surface area contributed by atoms with Crippen molar-refractivity contribution in [2.75, 3.05) is 32.8 Å². The van der Waals surface area contributed by atoms with Gasteiger partial charge in [0.15, 0.2) is 0 Å². The normalized spacial score (nSPS) is 18.6. The minimum Gasteiger partial charge on any atom is -0.478 e. The van der Waals surface area contributed by atoms with E-state index in [4.69, 9.17) is 4.74 Å². The van der Waals surface area contributed by atoms with Crippen molar-refractivity contribution < 1.29 is 24.5 Å². The van der Waals surface area contributed by atoms with Crippen molar-refractivity contribution in [2.45, 2.75) is 40.0 Å². The van der Waals surface area contributed by atoms with Gasteiger partial charge < -0.3 is 14.9 Å². The lowest BCUT2D eigenvalue weighted by molar-refractivity contribution is -0.136. The highest BCUT2D eigenvalue weighted by atomic mass is 16.5. The molecule has 0 aliphatic carbocycles. The number of nitrogens with zero attached hydrogens (tertiary/aromatic N) is 1. The smallest absolute Gasteiger partial charge is 0.332 e. The number of hydrogen-bond acceptors (Lipinski definition) is 4. The number of ether oxygens (including phenoxy) is 1. The maximum absolute atomic E-state index is 11.5. The molecule has 1 unspecified atom stereocenters. The number of hydrogen-bond donors (Lipinski definition) is 2. The predicted octanol–water partition coefficient (Wildman–Crippen LogP) is 2.25. The first-order chi connectivity index (χ1) is 10.8. The highest BCUT2D eigenvalue weighted by Crippen LogP contribution is 2.24. The van der Waals surface area contributed by atoms with E-state index in [0.29, 0.717) is 38.4 Å². The molecule has 6 nitrogen and oxygen atoms in total. The third-order valence-corrected chi connectivity index (χ3v) is 4.55. The second-order valence-corrected chi connectivity index (χ2v) is 6.55. The van der Waals surface area contributed by atoms with Gasteiger partial charge in [-0.1, -0.05) is 20.8 Å². The molecule has 0 aromatic heterocycles. The predicted molar refractivity (Wildman–Crippen MR) is 87.4 cm³/mol. The van der Waals surface area contributed by atoms with Crippen LogP contribution in [0.3, 0.4) is 0 Å². The van der Waals surface area contributed by atoms with Gasteiger partial charge in [-0.3, -0.25) is 4.90 Å². The van der Waals surface area contributed by atoms with Crippen molar-refractivity contribution in [1.82, 2.24) is 4.90 Å². The summed E-state index contributed by atoms with van der Waals surface area (Å²) in [5, 5.41) is 18.8. The van der Waals surface area contributed by atoms with Crippen LogP contribution in [-0.2, 0) is 14.3 Å². The van der Waals surface area contributed by atoms with E-state index >= 15 is 0 Å². The van der Waals surface area contributed by atoms with E-state index in [-0.39, 0.29) is 17.1 Å². The highest BCUT2D eigenvalue weighted by molar-refractivity contribution is 5.98. The van der Waals surface area contributed by atoms with Gasteiger partial charge in [0.25, 0.3) is 0 Å². The van der Waals surface area contributed by atoms with Gasteiger partial charge in [0.05, 0.1) is 13.2 Å². The molecular formula is C17H29NO5.